The molecule has 0 saturated heterocycles. The van der Waals surface area contributed by atoms with Crippen molar-refractivity contribution in [2.45, 2.75) is 26.8 Å². The summed E-state index contributed by atoms with van der Waals surface area (Å²) in [7, 11) is 0. The fourth-order valence-electron chi connectivity index (χ4n) is 3.07. The number of carbonyl (C=O) groups is 2. The zero-order valence-electron chi connectivity index (χ0n) is 16.5. The first kappa shape index (κ1) is 21.5. The zero-order chi connectivity index (χ0) is 21.8. The largest absolute Gasteiger partial charge is 0.352 e. The molecule has 2 aromatic carbocycles. The third-order valence-electron chi connectivity index (χ3n) is 4.66. The highest BCUT2D eigenvalue weighted by molar-refractivity contribution is 9.10. The Morgan fingerprint density at radius 3 is 2.63 bits per heavy atom. The van der Waals surface area contributed by atoms with Gasteiger partial charge in [-0.2, -0.15) is 0 Å². The number of carbonyl (C=O) groups excluding carboxylic acids is 2. The molecule has 1 aromatic heterocycles. The summed E-state index contributed by atoms with van der Waals surface area (Å²) in [5, 5.41) is 5.51. The Morgan fingerprint density at radius 1 is 1.13 bits per heavy atom. The van der Waals surface area contributed by atoms with Crippen LogP contribution in [0.15, 0.2) is 50.5 Å². The lowest BCUT2D eigenvalue weighted by atomic mass is 10.1. The highest BCUT2D eigenvalue weighted by Crippen LogP contribution is 2.20. The van der Waals surface area contributed by atoms with Crippen molar-refractivity contribution in [3.8, 4) is 0 Å². The third kappa shape index (κ3) is 4.68. The lowest BCUT2D eigenvalue weighted by molar-refractivity contribution is -0.116. The standard InChI is InChI=1S/C21H21BrN4O4/c1-3-26-17-7-5-13(10-16(17)25-20(29)21(26)30)19(28)23-9-8-18(27)24-15-11-14(22)6-4-12(15)2/h4-7,10-11H,3,8-9H2,1-2H3,(H,23,28)(H,24,27)(H,25,29). The van der Waals surface area contributed by atoms with E-state index in [2.05, 4.69) is 31.5 Å². The number of nitrogens with zero attached hydrogens (tertiary/aromatic N) is 1. The van der Waals surface area contributed by atoms with Crippen LogP contribution in [0.5, 0.6) is 0 Å². The molecule has 30 heavy (non-hydrogen) atoms. The van der Waals surface area contributed by atoms with Gasteiger partial charge in [0, 0.05) is 35.2 Å². The molecule has 0 atom stereocenters. The molecule has 3 N–H and O–H groups in total. The van der Waals surface area contributed by atoms with Crippen LogP contribution in [0.4, 0.5) is 5.69 Å². The van der Waals surface area contributed by atoms with Gasteiger partial charge in [0.2, 0.25) is 5.91 Å². The van der Waals surface area contributed by atoms with Gasteiger partial charge in [0.15, 0.2) is 0 Å². The number of anilines is 1. The number of halogens is 1. The van der Waals surface area contributed by atoms with Crippen LogP contribution in [0.2, 0.25) is 0 Å². The topological polar surface area (TPSA) is 113 Å². The molecule has 1 heterocycles. The fraction of sp³-hybridized carbons (Fsp3) is 0.238. The van der Waals surface area contributed by atoms with Crippen LogP contribution in [-0.4, -0.2) is 27.9 Å². The van der Waals surface area contributed by atoms with Crippen molar-refractivity contribution in [2.24, 2.45) is 0 Å². The van der Waals surface area contributed by atoms with Crippen molar-refractivity contribution in [3.05, 3.63) is 72.7 Å². The molecule has 8 nitrogen and oxygen atoms in total. The predicted molar refractivity (Wildman–Crippen MR) is 119 cm³/mol. The van der Waals surface area contributed by atoms with Crippen molar-refractivity contribution in [1.82, 2.24) is 14.9 Å². The van der Waals surface area contributed by atoms with Crippen LogP contribution in [0.1, 0.15) is 29.3 Å². The Labute approximate surface area is 180 Å². The number of aryl methyl sites for hydroxylation is 2. The van der Waals surface area contributed by atoms with Gasteiger partial charge in [0.1, 0.15) is 0 Å². The summed E-state index contributed by atoms with van der Waals surface area (Å²) in [6.45, 7) is 4.16. The first-order valence-corrected chi connectivity index (χ1v) is 10.2. The Morgan fingerprint density at radius 2 is 1.90 bits per heavy atom. The van der Waals surface area contributed by atoms with E-state index in [1.165, 1.54) is 10.6 Å². The Bertz CT molecular complexity index is 1250. The van der Waals surface area contributed by atoms with E-state index in [-0.39, 0.29) is 24.8 Å². The van der Waals surface area contributed by atoms with Gasteiger partial charge in [-0.15, -0.1) is 0 Å². The number of benzene rings is 2. The van der Waals surface area contributed by atoms with Crippen molar-refractivity contribution in [1.29, 1.82) is 0 Å². The van der Waals surface area contributed by atoms with Crippen LogP contribution in [0.3, 0.4) is 0 Å². The quantitative estimate of drug-likeness (QED) is 0.478. The summed E-state index contributed by atoms with van der Waals surface area (Å²) in [6, 6.07) is 10.3. The minimum absolute atomic E-state index is 0.109. The molecule has 0 fully saturated rings. The highest BCUT2D eigenvalue weighted by Gasteiger charge is 2.11. The Kier molecular flexibility index (Phi) is 6.51. The van der Waals surface area contributed by atoms with Crippen LogP contribution in [-0.2, 0) is 11.3 Å². The maximum atomic E-state index is 12.4. The summed E-state index contributed by atoms with van der Waals surface area (Å²) >= 11 is 3.37. The number of hydrogen-bond acceptors (Lipinski definition) is 4. The number of hydrogen-bond donors (Lipinski definition) is 3. The smallest absolute Gasteiger partial charge is 0.316 e. The minimum Gasteiger partial charge on any atom is -0.352 e. The highest BCUT2D eigenvalue weighted by atomic mass is 79.9. The number of rotatable bonds is 6. The molecule has 0 bridgehead atoms. The molecule has 0 saturated carbocycles. The van der Waals surface area contributed by atoms with Crippen molar-refractivity contribution >= 4 is 44.5 Å². The fourth-order valence-corrected chi connectivity index (χ4v) is 3.43. The number of amides is 2. The monoisotopic (exact) mass is 472 g/mol. The van der Waals surface area contributed by atoms with Crippen LogP contribution < -0.4 is 21.8 Å². The van der Waals surface area contributed by atoms with Crippen molar-refractivity contribution < 1.29 is 9.59 Å². The molecule has 156 valence electrons. The van der Waals surface area contributed by atoms with E-state index >= 15 is 0 Å². The molecule has 0 aliphatic carbocycles. The SMILES string of the molecule is CCn1c(=O)c(=O)[nH]c2cc(C(=O)NCCC(=O)Nc3cc(Br)ccc3C)ccc21. The summed E-state index contributed by atoms with van der Waals surface area (Å²) < 4.78 is 2.21. The molecule has 0 aliphatic heterocycles. The van der Waals surface area contributed by atoms with Crippen molar-refractivity contribution in [2.75, 3.05) is 11.9 Å². The van der Waals surface area contributed by atoms with Gasteiger partial charge < -0.3 is 20.2 Å². The van der Waals surface area contributed by atoms with Gasteiger partial charge in [-0.3, -0.25) is 19.2 Å². The van der Waals surface area contributed by atoms with Crippen molar-refractivity contribution in [3.63, 3.8) is 0 Å². The van der Waals surface area contributed by atoms with E-state index < -0.39 is 11.1 Å². The second-order valence-electron chi connectivity index (χ2n) is 6.75. The molecule has 0 radical (unpaired) electrons. The third-order valence-corrected chi connectivity index (χ3v) is 5.16. The van der Waals surface area contributed by atoms with Gasteiger partial charge in [0.05, 0.1) is 11.0 Å². The van der Waals surface area contributed by atoms with Gasteiger partial charge in [-0.1, -0.05) is 22.0 Å². The first-order valence-electron chi connectivity index (χ1n) is 9.41. The van der Waals surface area contributed by atoms with Gasteiger partial charge in [0.25, 0.3) is 5.91 Å². The maximum absolute atomic E-state index is 12.4. The summed E-state index contributed by atoms with van der Waals surface area (Å²) in [5.41, 5.74) is 1.55. The molecule has 2 amide bonds. The average Bonchev–Trinajstić information content (AvgIpc) is 2.71. The number of fused-ring (bicyclic) bond motifs is 1. The molecule has 3 rings (SSSR count). The number of H-pyrrole nitrogens is 1. The van der Waals surface area contributed by atoms with E-state index in [0.717, 1.165) is 10.0 Å². The van der Waals surface area contributed by atoms with E-state index in [4.69, 9.17) is 0 Å². The van der Waals surface area contributed by atoms with Crippen LogP contribution in [0.25, 0.3) is 11.0 Å². The van der Waals surface area contributed by atoms with E-state index in [0.29, 0.717) is 28.8 Å². The lowest BCUT2D eigenvalue weighted by Gasteiger charge is -2.10. The lowest BCUT2D eigenvalue weighted by Crippen LogP contribution is -2.36. The van der Waals surface area contributed by atoms with E-state index in [1.54, 1.807) is 19.1 Å². The zero-order valence-corrected chi connectivity index (χ0v) is 18.1. The summed E-state index contributed by atoms with van der Waals surface area (Å²) in [5.74, 6) is -0.593. The number of nitrogens with one attached hydrogen (secondary N) is 3. The molecular weight excluding hydrogens is 452 g/mol. The molecule has 9 heteroatoms. The summed E-state index contributed by atoms with van der Waals surface area (Å²) in [4.78, 5) is 50.8. The van der Waals surface area contributed by atoms with E-state index in [1.807, 2.05) is 25.1 Å². The normalized spacial score (nSPS) is 10.8. The second-order valence-corrected chi connectivity index (χ2v) is 7.66. The van der Waals surface area contributed by atoms with Crippen LogP contribution >= 0.6 is 15.9 Å². The van der Waals surface area contributed by atoms with Crippen LogP contribution in [0, 0.1) is 6.92 Å². The molecular formula is C21H21BrN4O4. The molecule has 3 aromatic rings. The van der Waals surface area contributed by atoms with E-state index in [9.17, 15) is 19.2 Å². The minimum atomic E-state index is -0.735. The molecule has 0 spiro atoms. The second kappa shape index (κ2) is 9.08. The van der Waals surface area contributed by atoms with Gasteiger partial charge in [-0.25, -0.2) is 0 Å². The number of aromatic amines is 1. The van der Waals surface area contributed by atoms with Gasteiger partial charge >= 0.3 is 11.1 Å². The Hall–Kier alpha value is -3.20. The first-order chi connectivity index (χ1) is 14.3. The Balaban J connectivity index is 1.65. The van der Waals surface area contributed by atoms with Gasteiger partial charge in [-0.05, 0) is 49.7 Å². The maximum Gasteiger partial charge on any atom is 0.316 e. The molecule has 0 aliphatic rings. The summed E-state index contributed by atoms with van der Waals surface area (Å²) in [6.07, 6.45) is 0.109. The predicted octanol–water partition coefficient (Wildman–Crippen LogP) is 2.54. The number of aromatic nitrogens is 2. The molecule has 0 unspecified atom stereocenters. The average molecular weight is 473 g/mol.